The first-order valence-electron chi connectivity index (χ1n) is 5.96. The van der Waals surface area contributed by atoms with Crippen molar-refractivity contribution in [3.05, 3.63) is 18.0 Å². The molecule has 0 bridgehead atoms. The number of aromatic nitrogens is 2. The highest BCUT2D eigenvalue weighted by Gasteiger charge is 2.43. The Morgan fingerprint density at radius 3 is 2.80 bits per heavy atom. The summed E-state index contributed by atoms with van der Waals surface area (Å²) >= 11 is 0. The third-order valence-corrected chi connectivity index (χ3v) is 2.79. The highest BCUT2D eigenvalue weighted by Crippen LogP contribution is 2.42. The van der Waals surface area contributed by atoms with Crippen LogP contribution in [0.3, 0.4) is 0 Å². The summed E-state index contributed by atoms with van der Waals surface area (Å²) in [7, 11) is 0. The molecule has 1 aromatic carbocycles. The van der Waals surface area contributed by atoms with Gasteiger partial charge in [0.05, 0.1) is 11.0 Å². The third-order valence-electron chi connectivity index (χ3n) is 2.79. The molecule has 0 atom stereocenters. The van der Waals surface area contributed by atoms with E-state index in [9.17, 15) is 13.6 Å². The molecule has 1 aliphatic heterocycles. The zero-order valence-electron chi connectivity index (χ0n) is 10.5. The lowest BCUT2D eigenvalue weighted by Gasteiger charge is -2.04. The highest BCUT2D eigenvalue weighted by molar-refractivity contribution is 5.80. The Bertz CT molecular complexity index is 639. The molecule has 20 heavy (non-hydrogen) atoms. The van der Waals surface area contributed by atoms with Gasteiger partial charge in [0.25, 0.3) is 0 Å². The standard InChI is InChI=1S/C12H11F2N3O3/c1-6(18)15-3-2-11-16-7-4-9-10(5-8(7)17-11)20-12(13,14)19-9/h4-5H,2-3H2,1H3,(H,15,18)(H,16,17). The lowest BCUT2D eigenvalue weighted by Crippen LogP contribution is -2.25. The van der Waals surface area contributed by atoms with Crippen LogP contribution in [0.4, 0.5) is 8.78 Å². The Morgan fingerprint density at radius 2 is 2.10 bits per heavy atom. The van der Waals surface area contributed by atoms with E-state index in [1.54, 1.807) is 0 Å². The Labute approximate surface area is 112 Å². The van der Waals surface area contributed by atoms with Crippen LogP contribution in [0, 0.1) is 0 Å². The van der Waals surface area contributed by atoms with Gasteiger partial charge in [0.2, 0.25) is 5.91 Å². The number of alkyl halides is 2. The number of aromatic amines is 1. The van der Waals surface area contributed by atoms with Gasteiger partial charge in [-0.2, -0.15) is 0 Å². The number of H-pyrrole nitrogens is 1. The molecule has 0 unspecified atom stereocenters. The molecule has 0 spiro atoms. The van der Waals surface area contributed by atoms with Crippen molar-refractivity contribution in [2.24, 2.45) is 0 Å². The van der Waals surface area contributed by atoms with Crippen LogP contribution in [-0.2, 0) is 11.2 Å². The molecule has 0 aliphatic carbocycles. The maximum absolute atomic E-state index is 12.9. The number of amides is 1. The number of carbonyl (C=O) groups excluding carboxylic acids is 1. The van der Waals surface area contributed by atoms with Crippen LogP contribution in [0.15, 0.2) is 12.1 Å². The van der Waals surface area contributed by atoms with E-state index in [1.165, 1.54) is 19.1 Å². The number of imidazole rings is 1. The number of fused-ring (bicyclic) bond motifs is 2. The van der Waals surface area contributed by atoms with Gasteiger partial charge in [-0.15, -0.1) is 8.78 Å². The summed E-state index contributed by atoms with van der Waals surface area (Å²) in [6, 6.07) is 2.81. The molecule has 0 saturated heterocycles. The van der Waals surface area contributed by atoms with Crippen molar-refractivity contribution in [3.8, 4) is 11.5 Å². The minimum atomic E-state index is -3.63. The topological polar surface area (TPSA) is 76.2 Å². The smallest absolute Gasteiger partial charge is 0.395 e. The normalized spacial score (nSPS) is 15.6. The van der Waals surface area contributed by atoms with Gasteiger partial charge in [-0.25, -0.2) is 4.98 Å². The average Bonchev–Trinajstić information content (AvgIpc) is 2.82. The maximum atomic E-state index is 12.9. The first-order chi connectivity index (χ1) is 9.43. The van der Waals surface area contributed by atoms with E-state index in [0.717, 1.165) is 0 Å². The number of halogens is 2. The van der Waals surface area contributed by atoms with Crippen LogP contribution in [0.25, 0.3) is 11.0 Å². The first kappa shape index (κ1) is 12.6. The summed E-state index contributed by atoms with van der Waals surface area (Å²) in [4.78, 5) is 18.0. The van der Waals surface area contributed by atoms with Crippen molar-refractivity contribution >= 4 is 16.9 Å². The minimum absolute atomic E-state index is 0.0282. The second-order valence-corrected chi connectivity index (χ2v) is 4.40. The molecule has 2 aromatic rings. The summed E-state index contributed by atoms with van der Waals surface area (Å²) in [5, 5.41) is 2.65. The van der Waals surface area contributed by atoms with Gasteiger partial charge in [0.15, 0.2) is 11.5 Å². The van der Waals surface area contributed by atoms with Crippen molar-refractivity contribution in [2.45, 2.75) is 19.6 Å². The fourth-order valence-electron chi connectivity index (χ4n) is 1.98. The van der Waals surface area contributed by atoms with Gasteiger partial charge in [0, 0.05) is 32.0 Å². The predicted octanol–water partition coefficient (Wildman–Crippen LogP) is 1.56. The molecule has 3 rings (SSSR count). The van der Waals surface area contributed by atoms with Crippen LogP contribution in [0.2, 0.25) is 0 Å². The van der Waals surface area contributed by atoms with E-state index >= 15 is 0 Å². The second kappa shape index (κ2) is 4.32. The van der Waals surface area contributed by atoms with Gasteiger partial charge in [-0.3, -0.25) is 4.79 Å². The van der Waals surface area contributed by atoms with E-state index in [-0.39, 0.29) is 17.4 Å². The Hall–Kier alpha value is -2.38. The number of rotatable bonds is 3. The molecule has 2 heterocycles. The van der Waals surface area contributed by atoms with Crippen molar-refractivity contribution in [1.82, 2.24) is 15.3 Å². The van der Waals surface area contributed by atoms with E-state index in [0.29, 0.717) is 29.8 Å². The van der Waals surface area contributed by atoms with Crippen LogP contribution in [0.1, 0.15) is 12.7 Å². The van der Waals surface area contributed by atoms with Crippen molar-refractivity contribution < 1.29 is 23.0 Å². The Balaban J connectivity index is 1.82. The van der Waals surface area contributed by atoms with E-state index in [2.05, 4.69) is 24.8 Å². The van der Waals surface area contributed by atoms with E-state index in [4.69, 9.17) is 0 Å². The molecule has 8 heteroatoms. The van der Waals surface area contributed by atoms with Crippen LogP contribution < -0.4 is 14.8 Å². The number of hydrogen-bond acceptors (Lipinski definition) is 4. The molecule has 1 amide bonds. The highest BCUT2D eigenvalue weighted by atomic mass is 19.3. The van der Waals surface area contributed by atoms with Gasteiger partial charge >= 0.3 is 6.29 Å². The molecule has 1 aromatic heterocycles. The SMILES string of the molecule is CC(=O)NCCc1nc2cc3c(cc2[nH]1)OC(F)(F)O3. The zero-order chi connectivity index (χ0) is 14.3. The maximum Gasteiger partial charge on any atom is 0.586 e. The fraction of sp³-hybridized carbons (Fsp3) is 0.333. The molecular weight excluding hydrogens is 272 g/mol. The molecule has 0 radical (unpaired) electrons. The summed E-state index contributed by atoms with van der Waals surface area (Å²) in [5.74, 6) is 0.454. The molecule has 2 N–H and O–H groups in total. The lowest BCUT2D eigenvalue weighted by molar-refractivity contribution is -0.286. The van der Waals surface area contributed by atoms with E-state index in [1.807, 2.05) is 0 Å². The number of hydrogen-bond donors (Lipinski definition) is 2. The molecule has 6 nitrogen and oxygen atoms in total. The predicted molar refractivity (Wildman–Crippen MR) is 64.7 cm³/mol. The largest absolute Gasteiger partial charge is 0.586 e. The molecule has 0 saturated carbocycles. The van der Waals surface area contributed by atoms with Gasteiger partial charge in [0.1, 0.15) is 5.82 Å². The summed E-state index contributed by atoms with van der Waals surface area (Å²) in [5.41, 5.74) is 1.07. The van der Waals surface area contributed by atoms with Crippen molar-refractivity contribution in [1.29, 1.82) is 0 Å². The van der Waals surface area contributed by atoms with Crippen molar-refractivity contribution in [2.75, 3.05) is 6.54 Å². The number of benzene rings is 1. The van der Waals surface area contributed by atoms with Gasteiger partial charge < -0.3 is 19.8 Å². The number of nitrogens with one attached hydrogen (secondary N) is 2. The molecule has 0 fully saturated rings. The second-order valence-electron chi connectivity index (χ2n) is 4.40. The van der Waals surface area contributed by atoms with Gasteiger partial charge in [-0.05, 0) is 0 Å². The van der Waals surface area contributed by atoms with Crippen LogP contribution >= 0.6 is 0 Å². The number of ether oxygens (including phenoxy) is 2. The minimum Gasteiger partial charge on any atom is -0.395 e. The number of carbonyl (C=O) groups is 1. The quantitative estimate of drug-likeness (QED) is 0.896. The summed E-state index contributed by atoms with van der Waals surface area (Å²) in [6.07, 6.45) is -3.12. The Kier molecular flexibility index (Phi) is 2.73. The molecule has 106 valence electrons. The summed E-state index contributed by atoms with van der Waals surface area (Å²) in [6.45, 7) is 1.87. The van der Waals surface area contributed by atoms with Gasteiger partial charge in [-0.1, -0.05) is 0 Å². The average molecular weight is 283 g/mol. The monoisotopic (exact) mass is 283 g/mol. The van der Waals surface area contributed by atoms with Crippen LogP contribution in [-0.4, -0.2) is 28.7 Å². The van der Waals surface area contributed by atoms with E-state index < -0.39 is 6.29 Å². The van der Waals surface area contributed by atoms with Crippen molar-refractivity contribution in [3.63, 3.8) is 0 Å². The zero-order valence-corrected chi connectivity index (χ0v) is 10.5. The molecular formula is C12H11F2N3O3. The lowest BCUT2D eigenvalue weighted by atomic mass is 10.3. The van der Waals surface area contributed by atoms with Crippen LogP contribution in [0.5, 0.6) is 11.5 Å². The molecule has 1 aliphatic rings. The fourth-order valence-corrected chi connectivity index (χ4v) is 1.98. The summed E-state index contributed by atoms with van der Waals surface area (Å²) < 4.78 is 34.5. The Morgan fingerprint density at radius 1 is 1.40 bits per heavy atom. The third kappa shape index (κ3) is 2.36. The number of nitrogens with zero attached hydrogens (tertiary/aromatic N) is 1. The first-order valence-corrected chi connectivity index (χ1v) is 5.96.